The number of aryl methyl sites for hydroxylation is 1. The number of carbonyl (C=O) groups is 2. The van der Waals surface area contributed by atoms with Gasteiger partial charge in [0.1, 0.15) is 5.76 Å². The van der Waals surface area contributed by atoms with Crippen LogP contribution in [-0.2, 0) is 6.54 Å². The number of ketones is 1. The minimum Gasteiger partial charge on any atom is -0.361 e. The van der Waals surface area contributed by atoms with Gasteiger partial charge in [-0.2, -0.15) is 0 Å². The fourth-order valence-corrected chi connectivity index (χ4v) is 3.61. The number of rotatable bonds is 5. The Hall–Kier alpha value is -3.25. The SMILES string of the molecule is Cc1cc(CN2CCN(C(=O)c3ccccc3C(=O)c3ccccc3)CC2)no1. The third-order valence-electron chi connectivity index (χ3n) is 5.16. The Kier molecular flexibility index (Phi) is 5.53. The monoisotopic (exact) mass is 389 g/mol. The second-order valence-electron chi connectivity index (χ2n) is 7.24. The molecule has 1 aromatic heterocycles. The zero-order valence-corrected chi connectivity index (χ0v) is 16.4. The molecule has 0 aliphatic carbocycles. The highest BCUT2D eigenvalue weighted by atomic mass is 16.5. The summed E-state index contributed by atoms with van der Waals surface area (Å²) in [4.78, 5) is 30.1. The molecule has 1 fully saturated rings. The van der Waals surface area contributed by atoms with Gasteiger partial charge >= 0.3 is 0 Å². The molecule has 0 bridgehead atoms. The van der Waals surface area contributed by atoms with Gasteiger partial charge in [0.2, 0.25) is 0 Å². The van der Waals surface area contributed by atoms with Crippen LogP contribution in [0.3, 0.4) is 0 Å². The largest absolute Gasteiger partial charge is 0.361 e. The number of benzene rings is 2. The van der Waals surface area contributed by atoms with Crippen LogP contribution in [-0.4, -0.2) is 52.8 Å². The molecule has 6 heteroatoms. The molecule has 0 saturated carbocycles. The first-order valence-corrected chi connectivity index (χ1v) is 9.74. The molecule has 0 atom stereocenters. The Morgan fingerprint density at radius 2 is 1.59 bits per heavy atom. The summed E-state index contributed by atoms with van der Waals surface area (Å²) in [6, 6.07) is 18.1. The van der Waals surface area contributed by atoms with Gasteiger partial charge in [0, 0.05) is 49.9 Å². The standard InChI is InChI=1S/C23H23N3O3/c1-17-15-19(24-29-17)16-25-11-13-26(14-12-25)23(28)21-10-6-5-9-20(21)22(27)18-7-3-2-4-8-18/h2-10,15H,11-14,16H2,1H3. The van der Waals surface area contributed by atoms with Gasteiger partial charge < -0.3 is 9.42 Å². The van der Waals surface area contributed by atoms with E-state index in [-0.39, 0.29) is 11.7 Å². The highest BCUT2D eigenvalue weighted by molar-refractivity contribution is 6.15. The van der Waals surface area contributed by atoms with Crippen LogP contribution in [0.4, 0.5) is 0 Å². The molecule has 0 N–H and O–H groups in total. The molecule has 1 aliphatic heterocycles. The zero-order chi connectivity index (χ0) is 20.2. The molecule has 2 heterocycles. The van der Waals surface area contributed by atoms with Crippen molar-refractivity contribution in [3.63, 3.8) is 0 Å². The topological polar surface area (TPSA) is 66.7 Å². The summed E-state index contributed by atoms with van der Waals surface area (Å²) in [5.74, 6) is 0.574. The molecule has 2 aromatic carbocycles. The Morgan fingerprint density at radius 1 is 0.931 bits per heavy atom. The fourth-order valence-electron chi connectivity index (χ4n) is 3.61. The summed E-state index contributed by atoms with van der Waals surface area (Å²) in [6.45, 7) is 5.33. The zero-order valence-electron chi connectivity index (χ0n) is 16.4. The van der Waals surface area contributed by atoms with Crippen molar-refractivity contribution >= 4 is 11.7 Å². The number of nitrogens with zero attached hydrogens (tertiary/aromatic N) is 3. The molecule has 29 heavy (non-hydrogen) atoms. The van der Waals surface area contributed by atoms with E-state index >= 15 is 0 Å². The molecule has 1 amide bonds. The maximum atomic E-state index is 13.2. The average molecular weight is 389 g/mol. The van der Waals surface area contributed by atoms with Crippen LogP contribution in [0.15, 0.2) is 65.2 Å². The lowest BCUT2D eigenvalue weighted by Gasteiger charge is -2.34. The van der Waals surface area contributed by atoms with E-state index in [2.05, 4.69) is 10.1 Å². The number of piperazine rings is 1. The molecule has 1 aliphatic rings. The van der Waals surface area contributed by atoms with Crippen LogP contribution in [0.2, 0.25) is 0 Å². The number of aromatic nitrogens is 1. The summed E-state index contributed by atoms with van der Waals surface area (Å²) in [6.07, 6.45) is 0. The van der Waals surface area contributed by atoms with Crippen molar-refractivity contribution < 1.29 is 14.1 Å². The first-order chi connectivity index (χ1) is 14.1. The number of hydrogen-bond acceptors (Lipinski definition) is 5. The van der Waals surface area contributed by atoms with E-state index in [9.17, 15) is 9.59 Å². The molecular weight excluding hydrogens is 366 g/mol. The molecule has 148 valence electrons. The molecule has 6 nitrogen and oxygen atoms in total. The Balaban J connectivity index is 1.45. The smallest absolute Gasteiger partial charge is 0.254 e. The van der Waals surface area contributed by atoms with E-state index in [4.69, 9.17) is 4.52 Å². The lowest BCUT2D eigenvalue weighted by molar-refractivity contribution is 0.0623. The predicted molar refractivity (Wildman–Crippen MR) is 109 cm³/mol. The second kappa shape index (κ2) is 8.41. The average Bonchev–Trinajstić information content (AvgIpc) is 3.18. The van der Waals surface area contributed by atoms with Crippen LogP contribution >= 0.6 is 0 Å². The van der Waals surface area contributed by atoms with Crippen molar-refractivity contribution in [2.75, 3.05) is 26.2 Å². The summed E-state index contributed by atoms with van der Waals surface area (Å²) >= 11 is 0. The minimum atomic E-state index is -0.130. The van der Waals surface area contributed by atoms with Crippen molar-refractivity contribution in [1.82, 2.24) is 15.0 Å². The molecule has 1 saturated heterocycles. The predicted octanol–water partition coefficient (Wildman–Crippen LogP) is 3.17. The number of carbonyl (C=O) groups excluding carboxylic acids is 2. The van der Waals surface area contributed by atoms with E-state index in [1.807, 2.05) is 36.1 Å². The third kappa shape index (κ3) is 4.27. The number of amides is 1. The normalized spacial score (nSPS) is 14.7. The highest BCUT2D eigenvalue weighted by Gasteiger charge is 2.26. The molecule has 3 aromatic rings. The molecule has 4 rings (SSSR count). The third-order valence-corrected chi connectivity index (χ3v) is 5.16. The van der Waals surface area contributed by atoms with Gasteiger partial charge in [-0.3, -0.25) is 14.5 Å². The van der Waals surface area contributed by atoms with Crippen molar-refractivity contribution in [3.05, 3.63) is 88.8 Å². The Bertz CT molecular complexity index is 1000. The van der Waals surface area contributed by atoms with Gasteiger partial charge in [0.25, 0.3) is 5.91 Å². The summed E-state index contributed by atoms with van der Waals surface area (Å²) < 4.78 is 5.12. The highest BCUT2D eigenvalue weighted by Crippen LogP contribution is 2.18. The van der Waals surface area contributed by atoms with E-state index in [0.717, 1.165) is 24.5 Å². The molecule has 0 spiro atoms. The van der Waals surface area contributed by atoms with E-state index < -0.39 is 0 Å². The van der Waals surface area contributed by atoms with Gasteiger partial charge in [-0.1, -0.05) is 53.7 Å². The van der Waals surface area contributed by atoms with Crippen LogP contribution in [0.5, 0.6) is 0 Å². The van der Waals surface area contributed by atoms with Crippen LogP contribution in [0, 0.1) is 6.92 Å². The van der Waals surface area contributed by atoms with E-state index in [1.165, 1.54) is 0 Å². The van der Waals surface area contributed by atoms with E-state index in [0.29, 0.717) is 36.3 Å². The van der Waals surface area contributed by atoms with E-state index in [1.54, 1.807) is 36.4 Å². The van der Waals surface area contributed by atoms with Gasteiger partial charge in [0.05, 0.1) is 11.3 Å². The van der Waals surface area contributed by atoms with Gasteiger partial charge in [-0.25, -0.2) is 0 Å². The number of hydrogen-bond donors (Lipinski definition) is 0. The lowest BCUT2D eigenvalue weighted by Crippen LogP contribution is -2.48. The first kappa shape index (κ1) is 19.1. The van der Waals surface area contributed by atoms with Crippen LogP contribution < -0.4 is 0 Å². The Morgan fingerprint density at radius 3 is 2.24 bits per heavy atom. The van der Waals surface area contributed by atoms with Crippen molar-refractivity contribution in [1.29, 1.82) is 0 Å². The lowest BCUT2D eigenvalue weighted by atomic mass is 9.97. The molecule has 0 unspecified atom stereocenters. The van der Waals surface area contributed by atoms with Crippen molar-refractivity contribution in [3.8, 4) is 0 Å². The molecule has 0 radical (unpaired) electrons. The van der Waals surface area contributed by atoms with Crippen LogP contribution in [0.1, 0.15) is 37.7 Å². The van der Waals surface area contributed by atoms with Crippen LogP contribution in [0.25, 0.3) is 0 Å². The van der Waals surface area contributed by atoms with Gasteiger partial charge in [-0.15, -0.1) is 0 Å². The van der Waals surface area contributed by atoms with Crippen molar-refractivity contribution in [2.45, 2.75) is 13.5 Å². The first-order valence-electron chi connectivity index (χ1n) is 9.74. The minimum absolute atomic E-state index is 0.0955. The fraction of sp³-hybridized carbons (Fsp3) is 0.261. The summed E-state index contributed by atoms with van der Waals surface area (Å²) in [7, 11) is 0. The maximum absolute atomic E-state index is 13.2. The maximum Gasteiger partial charge on any atom is 0.254 e. The summed E-state index contributed by atoms with van der Waals surface area (Å²) in [5, 5.41) is 4.04. The van der Waals surface area contributed by atoms with Crippen molar-refractivity contribution in [2.24, 2.45) is 0 Å². The van der Waals surface area contributed by atoms with Gasteiger partial charge in [0.15, 0.2) is 5.78 Å². The quantitative estimate of drug-likeness (QED) is 0.627. The Labute approximate surface area is 169 Å². The second-order valence-corrected chi connectivity index (χ2v) is 7.24. The van der Waals surface area contributed by atoms with Gasteiger partial charge in [-0.05, 0) is 13.0 Å². The molecular formula is C23H23N3O3. The summed E-state index contributed by atoms with van der Waals surface area (Å²) in [5.41, 5.74) is 2.40.